The lowest BCUT2D eigenvalue weighted by Gasteiger charge is -2.27. The Bertz CT molecular complexity index is 130. The molecule has 0 heterocycles. The lowest BCUT2D eigenvalue weighted by atomic mass is 10.1. The highest BCUT2D eigenvalue weighted by Gasteiger charge is 2.18. The smallest absolute Gasteiger partial charge is 0.00760 e. The van der Waals surface area contributed by atoms with Crippen molar-refractivity contribution in [3.63, 3.8) is 0 Å². The van der Waals surface area contributed by atoms with Gasteiger partial charge in [0, 0.05) is 12.6 Å². The van der Waals surface area contributed by atoms with E-state index in [2.05, 4.69) is 18.9 Å². The summed E-state index contributed by atoms with van der Waals surface area (Å²) in [5.74, 6) is 0.963. The highest BCUT2D eigenvalue weighted by molar-refractivity contribution is 4.73. The molecule has 0 radical (unpaired) electrons. The molecule has 0 spiro atoms. The number of rotatable bonds is 5. The lowest BCUT2D eigenvalue weighted by Crippen LogP contribution is -2.34. The van der Waals surface area contributed by atoms with Crippen molar-refractivity contribution in [2.75, 3.05) is 20.1 Å². The second-order valence-electron chi connectivity index (χ2n) is 4.52. The van der Waals surface area contributed by atoms with Crippen LogP contribution < -0.4 is 5.73 Å². The van der Waals surface area contributed by atoms with E-state index in [1.54, 1.807) is 0 Å². The zero-order valence-electron chi connectivity index (χ0n) is 9.13. The van der Waals surface area contributed by atoms with Gasteiger partial charge in [-0.1, -0.05) is 12.8 Å². The van der Waals surface area contributed by atoms with Gasteiger partial charge in [-0.3, -0.25) is 0 Å². The maximum atomic E-state index is 5.55. The van der Waals surface area contributed by atoms with E-state index in [4.69, 9.17) is 5.73 Å². The van der Waals surface area contributed by atoms with Gasteiger partial charge in [-0.15, -0.1) is 0 Å². The van der Waals surface area contributed by atoms with Crippen molar-refractivity contribution in [3.05, 3.63) is 0 Å². The zero-order chi connectivity index (χ0) is 9.68. The van der Waals surface area contributed by atoms with Crippen molar-refractivity contribution < 1.29 is 0 Å². The third-order valence-electron chi connectivity index (χ3n) is 3.36. The van der Waals surface area contributed by atoms with E-state index in [0.29, 0.717) is 6.04 Å². The molecule has 13 heavy (non-hydrogen) atoms. The first-order valence-corrected chi connectivity index (χ1v) is 5.64. The summed E-state index contributed by atoms with van der Waals surface area (Å²) in [5.41, 5.74) is 5.55. The SMILES string of the molecule is CC(CCN)N(C)CC1CCCC1. The molecule has 0 aliphatic heterocycles. The van der Waals surface area contributed by atoms with Crippen molar-refractivity contribution in [2.24, 2.45) is 11.7 Å². The summed E-state index contributed by atoms with van der Waals surface area (Å²) in [6.45, 7) is 4.37. The molecule has 1 atom stereocenters. The van der Waals surface area contributed by atoms with Crippen LogP contribution in [-0.2, 0) is 0 Å². The molecule has 1 aliphatic carbocycles. The molecule has 78 valence electrons. The van der Waals surface area contributed by atoms with Gasteiger partial charge in [0.25, 0.3) is 0 Å². The van der Waals surface area contributed by atoms with Gasteiger partial charge in [0.2, 0.25) is 0 Å². The fourth-order valence-electron chi connectivity index (χ4n) is 2.24. The molecule has 0 saturated heterocycles. The largest absolute Gasteiger partial charge is 0.330 e. The third-order valence-corrected chi connectivity index (χ3v) is 3.36. The van der Waals surface area contributed by atoms with Gasteiger partial charge in [-0.2, -0.15) is 0 Å². The van der Waals surface area contributed by atoms with E-state index in [-0.39, 0.29) is 0 Å². The summed E-state index contributed by atoms with van der Waals surface area (Å²) in [6, 6.07) is 0.658. The second-order valence-corrected chi connectivity index (χ2v) is 4.52. The molecule has 1 unspecified atom stereocenters. The summed E-state index contributed by atoms with van der Waals surface area (Å²) in [7, 11) is 2.23. The topological polar surface area (TPSA) is 29.3 Å². The average molecular weight is 184 g/mol. The molecule has 0 bridgehead atoms. The van der Waals surface area contributed by atoms with E-state index in [0.717, 1.165) is 18.9 Å². The Hall–Kier alpha value is -0.0800. The van der Waals surface area contributed by atoms with Crippen LogP contribution in [0, 0.1) is 5.92 Å². The van der Waals surface area contributed by atoms with Crippen LogP contribution in [0.5, 0.6) is 0 Å². The Morgan fingerprint density at radius 1 is 1.38 bits per heavy atom. The van der Waals surface area contributed by atoms with Gasteiger partial charge >= 0.3 is 0 Å². The first-order valence-electron chi connectivity index (χ1n) is 5.64. The Morgan fingerprint density at radius 3 is 2.54 bits per heavy atom. The van der Waals surface area contributed by atoms with Crippen molar-refractivity contribution in [2.45, 2.75) is 45.1 Å². The molecule has 2 N–H and O–H groups in total. The molecule has 0 aromatic heterocycles. The highest BCUT2D eigenvalue weighted by atomic mass is 15.1. The van der Waals surface area contributed by atoms with Crippen molar-refractivity contribution >= 4 is 0 Å². The summed E-state index contributed by atoms with van der Waals surface area (Å²) in [4.78, 5) is 2.48. The quantitative estimate of drug-likeness (QED) is 0.706. The Kier molecular flexibility index (Phi) is 4.74. The third kappa shape index (κ3) is 3.65. The molecule has 1 saturated carbocycles. The van der Waals surface area contributed by atoms with E-state index in [9.17, 15) is 0 Å². The Morgan fingerprint density at radius 2 is 2.00 bits per heavy atom. The number of nitrogens with two attached hydrogens (primary N) is 1. The minimum Gasteiger partial charge on any atom is -0.330 e. The van der Waals surface area contributed by atoms with Crippen molar-refractivity contribution in [3.8, 4) is 0 Å². The van der Waals surface area contributed by atoms with E-state index in [1.807, 2.05) is 0 Å². The van der Waals surface area contributed by atoms with E-state index in [1.165, 1.54) is 32.2 Å². The standard InChI is InChI=1S/C11H24N2/c1-10(7-8-12)13(2)9-11-5-3-4-6-11/h10-11H,3-9,12H2,1-2H3. The zero-order valence-corrected chi connectivity index (χ0v) is 9.13. The number of hydrogen-bond acceptors (Lipinski definition) is 2. The van der Waals surface area contributed by atoms with Crippen LogP contribution in [0.3, 0.4) is 0 Å². The fraction of sp³-hybridized carbons (Fsp3) is 1.00. The van der Waals surface area contributed by atoms with Crippen LogP contribution in [0.4, 0.5) is 0 Å². The lowest BCUT2D eigenvalue weighted by molar-refractivity contribution is 0.212. The molecule has 2 nitrogen and oxygen atoms in total. The predicted octanol–water partition coefficient (Wildman–Crippen LogP) is 1.85. The average Bonchev–Trinajstić information content (AvgIpc) is 2.57. The predicted molar refractivity (Wildman–Crippen MR) is 57.7 cm³/mol. The molecule has 0 aromatic carbocycles. The Balaban J connectivity index is 2.18. The summed E-state index contributed by atoms with van der Waals surface area (Å²) >= 11 is 0. The van der Waals surface area contributed by atoms with Gasteiger partial charge in [-0.25, -0.2) is 0 Å². The highest BCUT2D eigenvalue weighted by Crippen LogP contribution is 2.25. The van der Waals surface area contributed by atoms with Crippen molar-refractivity contribution in [1.29, 1.82) is 0 Å². The fourth-order valence-corrected chi connectivity index (χ4v) is 2.24. The summed E-state index contributed by atoms with van der Waals surface area (Å²) < 4.78 is 0. The van der Waals surface area contributed by atoms with Gasteiger partial charge in [0.05, 0.1) is 0 Å². The van der Waals surface area contributed by atoms with Gasteiger partial charge in [-0.05, 0) is 45.7 Å². The van der Waals surface area contributed by atoms with Gasteiger partial charge in [0.15, 0.2) is 0 Å². The minimum absolute atomic E-state index is 0.658. The Labute approximate surface area is 82.5 Å². The maximum Gasteiger partial charge on any atom is 0.00760 e. The molecule has 1 rings (SSSR count). The van der Waals surface area contributed by atoms with Crippen molar-refractivity contribution in [1.82, 2.24) is 4.90 Å². The normalized spacial score (nSPS) is 21.2. The summed E-state index contributed by atoms with van der Waals surface area (Å²) in [5, 5.41) is 0. The van der Waals surface area contributed by atoms with Gasteiger partial charge < -0.3 is 10.6 Å². The molecule has 0 amide bonds. The first-order chi connectivity index (χ1) is 6.24. The minimum atomic E-state index is 0.658. The van der Waals surface area contributed by atoms with Crippen LogP contribution in [-0.4, -0.2) is 31.1 Å². The molecular weight excluding hydrogens is 160 g/mol. The number of hydrogen-bond donors (Lipinski definition) is 1. The van der Waals surface area contributed by atoms with Crippen LogP contribution in [0.2, 0.25) is 0 Å². The molecule has 2 heteroatoms. The number of nitrogens with zero attached hydrogens (tertiary/aromatic N) is 1. The van der Waals surface area contributed by atoms with Crippen LogP contribution in [0.15, 0.2) is 0 Å². The monoisotopic (exact) mass is 184 g/mol. The maximum absolute atomic E-state index is 5.55. The van der Waals surface area contributed by atoms with E-state index < -0.39 is 0 Å². The van der Waals surface area contributed by atoms with Gasteiger partial charge in [0.1, 0.15) is 0 Å². The van der Waals surface area contributed by atoms with Crippen LogP contribution in [0.1, 0.15) is 39.0 Å². The molecule has 0 aromatic rings. The summed E-state index contributed by atoms with van der Waals surface area (Å²) in [6.07, 6.45) is 6.91. The molecule has 1 fully saturated rings. The molecular formula is C11H24N2. The first kappa shape index (κ1) is 11.0. The van der Waals surface area contributed by atoms with Crippen LogP contribution in [0.25, 0.3) is 0 Å². The van der Waals surface area contributed by atoms with E-state index >= 15 is 0 Å². The second kappa shape index (κ2) is 5.61. The van der Waals surface area contributed by atoms with Crippen LogP contribution >= 0.6 is 0 Å². The molecule has 1 aliphatic rings.